The monoisotopic (exact) mass is 457 g/mol. The average molecular weight is 458 g/mol. The second kappa shape index (κ2) is 9.52. The Morgan fingerprint density at radius 3 is 2.74 bits per heavy atom. The number of nitriles is 1. The van der Waals surface area contributed by atoms with Crippen molar-refractivity contribution in [3.05, 3.63) is 87.4 Å². The minimum Gasteiger partial charge on any atom is -0.481 e. The van der Waals surface area contributed by atoms with Crippen LogP contribution in [-0.2, 0) is 9.59 Å². The molecule has 1 N–H and O–H groups in total. The molecule has 0 bridgehead atoms. The number of nitrogens with zero attached hydrogens (tertiary/aromatic N) is 3. The number of benzene rings is 1. The second-order valence-corrected chi connectivity index (χ2v) is 8.96. The van der Waals surface area contributed by atoms with Gasteiger partial charge in [-0.1, -0.05) is 29.9 Å². The van der Waals surface area contributed by atoms with Crippen molar-refractivity contribution in [2.75, 3.05) is 0 Å². The molecule has 1 amide bonds. The van der Waals surface area contributed by atoms with E-state index in [1.807, 2.05) is 26.0 Å². The molecule has 7 heteroatoms. The Hall–Kier alpha value is -3.92. The number of hydrogen-bond acceptors (Lipinski definition) is 4. The number of amides is 1. The van der Waals surface area contributed by atoms with E-state index in [0.717, 1.165) is 24.0 Å². The number of rotatable bonds is 6. The number of allylic oxidation sites excluding steroid dienone is 4. The second-order valence-electron chi connectivity index (χ2n) is 8.96. The smallest absolute Gasteiger partial charge is 0.305 e. The zero-order chi connectivity index (χ0) is 24.4. The van der Waals surface area contributed by atoms with E-state index < -0.39 is 18.1 Å². The molecule has 3 atom stereocenters. The maximum absolute atomic E-state index is 13.5. The van der Waals surface area contributed by atoms with Crippen LogP contribution >= 0.6 is 0 Å². The van der Waals surface area contributed by atoms with Crippen LogP contribution in [0.5, 0.6) is 0 Å². The Morgan fingerprint density at radius 1 is 1.26 bits per heavy atom. The third-order valence-electron chi connectivity index (χ3n) is 6.74. The number of carboxylic acids is 1. The van der Waals surface area contributed by atoms with Gasteiger partial charge in [-0.3, -0.25) is 14.4 Å². The van der Waals surface area contributed by atoms with E-state index in [9.17, 15) is 24.8 Å². The van der Waals surface area contributed by atoms with Crippen molar-refractivity contribution in [1.29, 1.82) is 5.26 Å². The van der Waals surface area contributed by atoms with Gasteiger partial charge in [0.15, 0.2) is 0 Å². The molecular formula is C27H27N3O4. The van der Waals surface area contributed by atoms with Gasteiger partial charge in [-0.15, -0.1) is 0 Å². The minimum absolute atomic E-state index is 0.261. The molecule has 1 aromatic carbocycles. The lowest BCUT2D eigenvalue weighted by Gasteiger charge is -2.32. The van der Waals surface area contributed by atoms with Gasteiger partial charge in [-0.2, -0.15) is 5.26 Å². The molecule has 1 aliphatic heterocycles. The van der Waals surface area contributed by atoms with Crippen LogP contribution in [-0.4, -0.2) is 32.5 Å². The SMILES string of the molecule is CC1=C(c2cc(C(CC(=O)O)N3C(=O)C(n4ccccc4=O)CC3C)ccc2C#N)C=CCC1. The van der Waals surface area contributed by atoms with Crippen molar-refractivity contribution in [3.8, 4) is 6.07 Å². The first kappa shape index (κ1) is 23.2. The fraction of sp³-hybridized carbons (Fsp3) is 0.333. The number of pyridine rings is 1. The summed E-state index contributed by atoms with van der Waals surface area (Å²) in [5.74, 6) is -1.30. The standard InChI is InChI=1S/C27H27N3O4/c1-17-7-3-4-8-21(17)22-14-19(10-11-20(22)16-28)23(15-26(32)33)30-18(2)13-24(27(30)34)29-12-6-5-9-25(29)31/h4-6,8-12,14,18,23-24H,3,7,13,15H2,1-2H3,(H,32,33). The van der Waals surface area contributed by atoms with Crippen LogP contribution in [0.25, 0.3) is 5.57 Å². The molecule has 1 fully saturated rings. The van der Waals surface area contributed by atoms with E-state index in [-0.39, 0.29) is 23.9 Å². The van der Waals surface area contributed by atoms with Crippen LogP contribution in [0.2, 0.25) is 0 Å². The highest BCUT2D eigenvalue weighted by Gasteiger charge is 2.43. The highest BCUT2D eigenvalue weighted by molar-refractivity contribution is 5.85. The molecule has 1 saturated heterocycles. The number of carbonyl (C=O) groups excluding carboxylic acids is 1. The van der Waals surface area contributed by atoms with Gasteiger partial charge in [0.25, 0.3) is 5.56 Å². The van der Waals surface area contributed by atoms with Crippen molar-refractivity contribution in [2.45, 2.75) is 57.7 Å². The highest BCUT2D eigenvalue weighted by atomic mass is 16.4. The number of aromatic nitrogens is 1. The quantitative estimate of drug-likeness (QED) is 0.699. The van der Waals surface area contributed by atoms with Crippen LogP contribution < -0.4 is 5.56 Å². The first-order chi connectivity index (χ1) is 16.3. The van der Waals surface area contributed by atoms with E-state index in [4.69, 9.17) is 0 Å². The Balaban J connectivity index is 1.78. The third-order valence-corrected chi connectivity index (χ3v) is 6.74. The zero-order valence-corrected chi connectivity index (χ0v) is 19.3. The fourth-order valence-corrected chi connectivity index (χ4v) is 5.05. The van der Waals surface area contributed by atoms with Gasteiger partial charge >= 0.3 is 5.97 Å². The summed E-state index contributed by atoms with van der Waals surface area (Å²) in [6.07, 6.45) is 7.65. The van der Waals surface area contributed by atoms with Crippen LogP contribution in [0.4, 0.5) is 0 Å². The zero-order valence-electron chi connectivity index (χ0n) is 19.3. The lowest BCUT2D eigenvalue weighted by atomic mass is 9.88. The molecular weight excluding hydrogens is 430 g/mol. The lowest BCUT2D eigenvalue weighted by molar-refractivity contribution is -0.141. The van der Waals surface area contributed by atoms with Crippen molar-refractivity contribution in [1.82, 2.24) is 9.47 Å². The summed E-state index contributed by atoms with van der Waals surface area (Å²) in [5.41, 5.74) is 3.79. The Morgan fingerprint density at radius 2 is 2.06 bits per heavy atom. The van der Waals surface area contributed by atoms with Gasteiger partial charge in [-0.05, 0) is 68.0 Å². The molecule has 1 aliphatic carbocycles. The predicted molar refractivity (Wildman–Crippen MR) is 128 cm³/mol. The first-order valence-electron chi connectivity index (χ1n) is 11.4. The fourth-order valence-electron chi connectivity index (χ4n) is 5.05. The lowest BCUT2D eigenvalue weighted by Crippen LogP contribution is -2.38. The Labute approximate surface area is 198 Å². The predicted octanol–water partition coefficient (Wildman–Crippen LogP) is 4.22. The molecule has 4 rings (SSSR count). The van der Waals surface area contributed by atoms with Crippen LogP contribution in [0.15, 0.2) is 65.1 Å². The van der Waals surface area contributed by atoms with Crippen LogP contribution in [0.3, 0.4) is 0 Å². The highest BCUT2D eigenvalue weighted by Crippen LogP contribution is 2.39. The summed E-state index contributed by atoms with van der Waals surface area (Å²) in [5, 5.41) is 19.4. The number of aliphatic carboxylic acids is 1. The molecule has 3 unspecified atom stereocenters. The van der Waals surface area contributed by atoms with Crippen LogP contribution in [0.1, 0.15) is 68.3 Å². The number of hydrogen-bond donors (Lipinski definition) is 1. The van der Waals surface area contributed by atoms with E-state index in [0.29, 0.717) is 17.5 Å². The molecule has 34 heavy (non-hydrogen) atoms. The van der Waals surface area contributed by atoms with Crippen molar-refractivity contribution < 1.29 is 14.7 Å². The average Bonchev–Trinajstić information content (AvgIpc) is 3.11. The van der Waals surface area contributed by atoms with Gasteiger partial charge in [0, 0.05) is 18.3 Å². The maximum atomic E-state index is 13.5. The Kier molecular flexibility index (Phi) is 6.51. The Bertz CT molecular complexity index is 1300. The normalized spacial score (nSPS) is 21.0. The number of carbonyl (C=O) groups is 2. The summed E-state index contributed by atoms with van der Waals surface area (Å²) >= 11 is 0. The van der Waals surface area contributed by atoms with Gasteiger partial charge in [0.2, 0.25) is 5.91 Å². The first-order valence-corrected chi connectivity index (χ1v) is 11.4. The van der Waals surface area contributed by atoms with Gasteiger partial charge in [0.1, 0.15) is 6.04 Å². The molecule has 1 aromatic heterocycles. The van der Waals surface area contributed by atoms with E-state index in [1.54, 1.807) is 35.4 Å². The third kappa shape index (κ3) is 4.32. The van der Waals surface area contributed by atoms with Crippen LogP contribution in [0, 0.1) is 11.3 Å². The molecule has 2 aliphatic rings. The molecule has 0 saturated carbocycles. The molecule has 2 heterocycles. The van der Waals surface area contributed by atoms with Gasteiger partial charge < -0.3 is 14.6 Å². The molecule has 7 nitrogen and oxygen atoms in total. The summed E-state index contributed by atoms with van der Waals surface area (Å²) in [6.45, 7) is 3.91. The van der Waals surface area contributed by atoms with Gasteiger partial charge in [-0.25, -0.2) is 0 Å². The molecule has 2 aromatic rings. The molecule has 174 valence electrons. The number of carboxylic acid groups (broad SMARTS) is 1. The van der Waals surface area contributed by atoms with E-state index >= 15 is 0 Å². The van der Waals surface area contributed by atoms with E-state index in [1.165, 1.54) is 16.2 Å². The summed E-state index contributed by atoms with van der Waals surface area (Å²) in [6, 6.07) is 10.6. The minimum atomic E-state index is -1.02. The van der Waals surface area contributed by atoms with Crippen molar-refractivity contribution in [2.24, 2.45) is 0 Å². The van der Waals surface area contributed by atoms with Crippen molar-refractivity contribution in [3.63, 3.8) is 0 Å². The van der Waals surface area contributed by atoms with E-state index in [2.05, 4.69) is 12.1 Å². The number of likely N-dealkylation sites (tertiary alicyclic amines) is 1. The summed E-state index contributed by atoms with van der Waals surface area (Å²) in [4.78, 5) is 39.3. The summed E-state index contributed by atoms with van der Waals surface area (Å²) in [7, 11) is 0. The van der Waals surface area contributed by atoms with Gasteiger partial charge in [0.05, 0.1) is 24.1 Å². The maximum Gasteiger partial charge on any atom is 0.305 e. The largest absolute Gasteiger partial charge is 0.481 e. The summed E-state index contributed by atoms with van der Waals surface area (Å²) < 4.78 is 1.42. The van der Waals surface area contributed by atoms with Crippen molar-refractivity contribution >= 4 is 17.4 Å². The molecule has 0 radical (unpaired) electrons. The topological polar surface area (TPSA) is 103 Å². The molecule has 0 spiro atoms.